The van der Waals surface area contributed by atoms with E-state index in [1.807, 2.05) is 24.6 Å². The standard InChI is InChI=1S/C22H29N5O3S/c1-16(2)15-27-18(4)21(17(3)24-27)13-22(28)25-9-11-26(12-10-25)31(29,30)20-7-5-19(14-23)6-8-20/h5-8,16H,9-13,15H2,1-4H3. The minimum atomic E-state index is -3.64. The summed E-state index contributed by atoms with van der Waals surface area (Å²) in [5, 5.41) is 13.5. The predicted octanol–water partition coefficient (Wildman–Crippen LogP) is 2.10. The Balaban J connectivity index is 1.64. The van der Waals surface area contributed by atoms with Gasteiger partial charge in [0.15, 0.2) is 0 Å². The van der Waals surface area contributed by atoms with Crippen LogP contribution in [0.1, 0.15) is 36.4 Å². The van der Waals surface area contributed by atoms with Crippen molar-refractivity contribution in [2.24, 2.45) is 5.92 Å². The lowest BCUT2D eigenvalue weighted by Crippen LogP contribution is -2.50. The van der Waals surface area contributed by atoms with Crippen molar-refractivity contribution in [1.29, 1.82) is 5.26 Å². The summed E-state index contributed by atoms with van der Waals surface area (Å²) in [6, 6.07) is 7.88. The molecule has 0 aliphatic carbocycles. The van der Waals surface area contributed by atoms with Gasteiger partial charge >= 0.3 is 0 Å². The molecule has 2 heterocycles. The number of carbonyl (C=O) groups excluding carboxylic acids is 1. The maximum atomic E-state index is 12.9. The van der Waals surface area contributed by atoms with Gasteiger partial charge in [0, 0.05) is 44.0 Å². The lowest BCUT2D eigenvalue weighted by Gasteiger charge is -2.34. The van der Waals surface area contributed by atoms with Gasteiger partial charge in [0.2, 0.25) is 15.9 Å². The van der Waals surface area contributed by atoms with Crippen LogP contribution in [0.25, 0.3) is 0 Å². The third-order valence-electron chi connectivity index (χ3n) is 5.61. The first-order valence-corrected chi connectivity index (χ1v) is 11.9. The fraction of sp³-hybridized carbons (Fsp3) is 0.500. The average Bonchev–Trinajstić information content (AvgIpc) is 3.00. The highest BCUT2D eigenvalue weighted by atomic mass is 32.2. The van der Waals surface area contributed by atoms with Crippen LogP contribution in [0.5, 0.6) is 0 Å². The fourth-order valence-corrected chi connectivity index (χ4v) is 5.23. The van der Waals surface area contributed by atoms with Gasteiger partial charge in [-0.05, 0) is 44.0 Å². The Bertz CT molecular complexity index is 1090. The monoisotopic (exact) mass is 443 g/mol. The summed E-state index contributed by atoms with van der Waals surface area (Å²) < 4.78 is 29.1. The molecule has 1 fully saturated rings. The van der Waals surface area contributed by atoms with Gasteiger partial charge < -0.3 is 4.90 Å². The number of aryl methyl sites for hydroxylation is 1. The van der Waals surface area contributed by atoms with Crippen LogP contribution in [0.3, 0.4) is 0 Å². The van der Waals surface area contributed by atoms with E-state index in [2.05, 4.69) is 18.9 Å². The molecule has 0 saturated carbocycles. The summed E-state index contributed by atoms with van der Waals surface area (Å²) >= 11 is 0. The Hall–Kier alpha value is -2.70. The van der Waals surface area contributed by atoms with Crippen LogP contribution in [0.15, 0.2) is 29.2 Å². The molecule has 0 bridgehead atoms. The zero-order valence-electron chi connectivity index (χ0n) is 18.5. The van der Waals surface area contributed by atoms with Crippen molar-refractivity contribution in [2.45, 2.75) is 45.6 Å². The van der Waals surface area contributed by atoms with Crippen molar-refractivity contribution in [3.63, 3.8) is 0 Å². The molecule has 0 unspecified atom stereocenters. The van der Waals surface area contributed by atoms with E-state index in [4.69, 9.17) is 5.26 Å². The summed E-state index contributed by atoms with van der Waals surface area (Å²) in [6.45, 7) is 10.2. The van der Waals surface area contributed by atoms with Crippen molar-refractivity contribution >= 4 is 15.9 Å². The molecular weight excluding hydrogens is 414 g/mol. The highest BCUT2D eigenvalue weighted by molar-refractivity contribution is 7.89. The largest absolute Gasteiger partial charge is 0.340 e. The Labute approximate surface area is 184 Å². The van der Waals surface area contributed by atoms with E-state index in [1.54, 1.807) is 4.90 Å². The second kappa shape index (κ2) is 9.20. The van der Waals surface area contributed by atoms with E-state index in [0.717, 1.165) is 23.5 Å². The molecule has 0 spiro atoms. The highest BCUT2D eigenvalue weighted by Crippen LogP contribution is 2.20. The van der Waals surface area contributed by atoms with Crippen molar-refractivity contribution in [2.75, 3.05) is 26.2 Å². The second-order valence-corrected chi connectivity index (χ2v) is 10.3. The van der Waals surface area contributed by atoms with Gasteiger partial charge in [-0.1, -0.05) is 13.8 Å². The van der Waals surface area contributed by atoms with Crippen LogP contribution in [-0.2, 0) is 27.8 Å². The molecule has 9 heteroatoms. The third-order valence-corrected chi connectivity index (χ3v) is 7.52. The van der Waals surface area contributed by atoms with Crippen LogP contribution < -0.4 is 0 Å². The molecule has 0 N–H and O–H groups in total. The Kier molecular flexibility index (Phi) is 6.82. The van der Waals surface area contributed by atoms with E-state index in [1.165, 1.54) is 28.6 Å². The van der Waals surface area contributed by atoms with Crippen LogP contribution in [0, 0.1) is 31.1 Å². The summed E-state index contributed by atoms with van der Waals surface area (Å²) in [5.41, 5.74) is 3.25. The molecule has 2 aromatic rings. The summed E-state index contributed by atoms with van der Waals surface area (Å²) in [6.07, 6.45) is 0.276. The number of piperazine rings is 1. The van der Waals surface area contributed by atoms with E-state index in [0.29, 0.717) is 24.6 Å². The van der Waals surface area contributed by atoms with Crippen LogP contribution in [0.4, 0.5) is 0 Å². The van der Waals surface area contributed by atoms with Gasteiger partial charge in [-0.15, -0.1) is 0 Å². The maximum absolute atomic E-state index is 12.9. The zero-order valence-corrected chi connectivity index (χ0v) is 19.3. The topological polar surface area (TPSA) is 99.3 Å². The van der Waals surface area contributed by atoms with E-state index >= 15 is 0 Å². The number of hydrogen-bond acceptors (Lipinski definition) is 5. The number of benzene rings is 1. The van der Waals surface area contributed by atoms with Crippen LogP contribution in [-0.4, -0.2) is 59.5 Å². The number of nitriles is 1. The maximum Gasteiger partial charge on any atom is 0.243 e. The molecule has 0 atom stereocenters. The highest BCUT2D eigenvalue weighted by Gasteiger charge is 2.30. The van der Waals surface area contributed by atoms with Gasteiger partial charge in [0.25, 0.3) is 0 Å². The van der Waals surface area contributed by atoms with Crippen molar-refractivity contribution in [3.05, 3.63) is 46.8 Å². The molecule has 1 aliphatic rings. The Morgan fingerprint density at radius 3 is 2.29 bits per heavy atom. The molecule has 1 aliphatic heterocycles. The van der Waals surface area contributed by atoms with Crippen molar-refractivity contribution < 1.29 is 13.2 Å². The molecule has 31 heavy (non-hydrogen) atoms. The van der Waals surface area contributed by atoms with Crippen molar-refractivity contribution in [3.8, 4) is 6.07 Å². The van der Waals surface area contributed by atoms with Gasteiger partial charge in [0.05, 0.1) is 28.6 Å². The Morgan fingerprint density at radius 2 is 1.74 bits per heavy atom. The summed E-state index contributed by atoms with van der Waals surface area (Å²) in [4.78, 5) is 14.8. The number of carbonyl (C=O) groups is 1. The summed E-state index contributed by atoms with van der Waals surface area (Å²) in [7, 11) is -3.64. The predicted molar refractivity (Wildman–Crippen MR) is 117 cm³/mol. The molecule has 1 aromatic heterocycles. The quantitative estimate of drug-likeness (QED) is 0.681. The molecule has 1 aromatic carbocycles. The number of amides is 1. The minimum Gasteiger partial charge on any atom is -0.340 e. The first-order chi connectivity index (χ1) is 14.6. The molecule has 8 nitrogen and oxygen atoms in total. The zero-order chi connectivity index (χ0) is 22.8. The Morgan fingerprint density at radius 1 is 1.13 bits per heavy atom. The molecule has 3 rings (SSSR count). The van der Waals surface area contributed by atoms with E-state index in [-0.39, 0.29) is 30.3 Å². The van der Waals surface area contributed by atoms with E-state index < -0.39 is 10.0 Å². The lowest BCUT2D eigenvalue weighted by molar-refractivity contribution is -0.131. The lowest BCUT2D eigenvalue weighted by atomic mass is 10.1. The minimum absolute atomic E-state index is 0.00859. The molecule has 1 saturated heterocycles. The first-order valence-electron chi connectivity index (χ1n) is 10.4. The average molecular weight is 444 g/mol. The molecule has 0 radical (unpaired) electrons. The van der Waals surface area contributed by atoms with E-state index in [9.17, 15) is 13.2 Å². The normalized spacial score (nSPS) is 15.3. The number of rotatable bonds is 6. The number of sulfonamides is 1. The van der Waals surface area contributed by atoms with Gasteiger partial charge in [-0.25, -0.2) is 8.42 Å². The fourth-order valence-electron chi connectivity index (χ4n) is 3.80. The molecular formula is C22H29N5O3S. The third kappa shape index (κ3) is 4.97. The van der Waals surface area contributed by atoms with Crippen LogP contribution >= 0.6 is 0 Å². The number of nitrogens with zero attached hydrogens (tertiary/aromatic N) is 5. The SMILES string of the molecule is Cc1nn(CC(C)C)c(C)c1CC(=O)N1CCN(S(=O)(=O)c2ccc(C#N)cc2)CC1. The number of aromatic nitrogens is 2. The molecule has 1 amide bonds. The smallest absolute Gasteiger partial charge is 0.243 e. The van der Waals surface area contributed by atoms with Crippen molar-refractivity contribution in [1.82, 2.24) is 19.0 Å². The second-order valence-electron chi connectivity index (χ2n) is 8.32. The van der Waals surface area contributed by atoms with Gasteiger partial charge in [0.1, 0.15) is 0 Å². The molecule has 166 valence electrons. The number of hydrogen-bond donors (Lipinski definition) is 0. The van der Waals surface area contributed by atoms with Gasteiger partial charge in [-0.3, -0.25) is 9.48 Å². The van der Waals surface area contributed by atoms with Gasteiger partial charge in [-0.2, -0.15) is 14.7 Å². The summed E-state index contributed by atoms with van der Waals surface area (Å²) in [5.74, 6) is 0.457. The van der Waals surface area contributed by atoms with Crippen LogP contribution in [0.2, 0.25) is 0 Å². The first kappa shape index (κ1) is 23.0.